The zero-order valence-corrected chi connectivity index (χ0v) is 13.9. The SMILES string of the molecule is CCOC(=O)CSC(C)C(=O)Nc1ccc(Cl)c(C(F)(F)F)c1. The Morgan fingerprint density at radius 1 is 1.39 bits per heavy atom. The summed E-state index contributed by atoms with van der Waals surface area (Å²) < 4.78 is 43.0. The molecule has 0 heterocycles. The van der Waals surface area contributed by atoms with E-state index in [2.05, 4.69) is 5.32 Å². The highest BCUT2D eigenvalue weighted by molar-refractivity contribution is 8.01. The predicted octanol–water partition coefficient (Wildman–Crippen LogP) is 3.98. The first-order chi connectivity index (χ1) is 10.6. The molecular weight excluding hydrogens is 355 g/mol. The van der Waals surface area contributed by atoms with Gasteiger partial charge in [-0.3, -0.25) is 9.59 Å². The fourth-order valence-corrected chi connectivity index (χ4v) is 2.44. The molecule has 0 spiro atoms. The molecular formula is C14H15ClF3NO3S. The van der Waals surface area contributed by atoms with E-state index in [1.54, 1.807) is 13.8 Å². The van der Waals surface area contributed by atoms with Gasteiger partial charge in [-0.05, 0) is 32.0 Å². The van der Waals surface area contributed by atoms with Gasteiger partial charge in [-0.15, -0.1) is 11.8 Å². The highest BCUT2D eigenvalue weighted by Gasteiger charge is 2.33. The van der Waals surface area contributed by atoms with Crippen LogP contribution in [0.15, 0.2) is 18.2 Å². The summed E-state index contributed by atoms with van der Waals surface area (Å²) >= 11 is 6.54. The fraction of sp³-hybridized carbons (Fsp3) is 0.429. The van der Waals surface area contributed by atoms with Crippen molar-refractivity contribution in [3.63, 3.8) is 0 Å². The number of benzene rings is 1. The van der Waals surface area contributed by atoms with Gasteiger partial charge in [-0.2, -0.15) is 13.2 Å². The third-order valence-electron chi connectivity index (χ3n) is 2.67. The topological polar surface area (TPSA) is 55.4 Å². The lowest BCUT2D eigenvalue weighted by molar-refractivity contribution is -0.140. The van der Waals surface area contributed by atoms with Gasteiger partial charge in [0.2, 0.25) is 5.91 Å². The number of carbonyl (C=O) groups excluding carboxylic acids is 2. The Bertz CT molecular complexity index is 581. The average Bonchev–Trinajstić information content (AvgIpc) is 2.45. The van der Waals surface area contributed by atoms with E-state index in [0.29, 0.717) is 0 Å². The van der Waals surface area contributed by atoms with E-state index in [-0.39, 0.29) is 18.0 Å². The van der Waals surface area contributed by atoms with Gasteiger partial charge in [-0.1, -0.05) is 11.6 Å². The zero-order valence-electron chi connectivity index (χ0n) is 12.4. The Morgan fingerprint density at radius 2 is 2.04 bits per heavy atom. The number of esters is 1. The van der Waals surface area contributed by atoms with Crippen LogP contribution in [-0.2, 0) is 20.5 Å². The molecule has 1 amide bonds. The summed E-state index contributed by atoms with van der Waals surface area (Å²) in [5, 5.41) is 1.29. The van der Waals surface area contributed by atoms with Crippen molar-refractivity contribution in [2.75, 3.05) is 17.7 Å². The maximum atomic E-state index is 12.8. The molecule has 0 aromatic heterocycles. The lowest BCUT2D eigenvalue weighted by atomic mass is 10.2. The molecule has 1 unspecified atom stereocenters. The van der Waals surface area contributed by atoms with E-state index in [1.165, 1.54) is 6.07 Å². The largest absolute Gasteiger partial charge is 0.465 e. The van der Waals surface area contributed by atoms with Crippen LogP contribution in [0.25, 0.3) is 0 Å². The van der Waals surface area contributed by atoms with Crippen LogP contribution < -0.4 is 5.32 Å². The highest BCUT2D eigenvalue weighted by atomic mass is 35.5. The smallest absolute Gasteiger partial charge is 0.417 e. The predicted molar refractivity (Wildman–Crippen MR) is 83.6 cm³/mol. The summed E-state index contributed by atoms with van der Waals surface area (Å²) in [6.07, 6.45) is -4.61. The average molecular weight is 370 g/mol. The van der Waals surface area contributed by atoms with E-state index in [9.17, 15) is 22.8 Å². The lowest BCUT2D eigenvalue weighted by Crippen LogP contribution is -2.24. The summed E-state index contributed by atoms with van der Waals surface area (Å²) in [5.74, 6) is -0.991. The van der Waals surface area contributed by atoms with Crippen molar-refractivity contribution >= 4 is 40.9 Å². The molecule has 23 heavy (non-hydrogen) atoms. The summed E-state index contributed by atoms with van der Waals surface area (Å²) in [6.45, 7) is 3.45. The van der Waals surface area contributed by atoms with Crippen molar-refractivity contribution in [1.82, 2.24) is 0 Å². The van der Waals surface area contributed by atoms with E-state index in [0.717, 1.165) is 23.9 Å². The van der Waals surface area contributed by atoms with Gasteiger partial charge in [0.05, 0.1) is 28.2 Å². The number of nitrogens with one attached hydrogen (secondary N) is 1. The first kappa shape index (κ1) is 19.6. The van der Waals surface area contributed by atoms with Crippen LogP contribution in [0, 0.1) is 0 Å². The number of thioether (sulfide) groups is 1. The molecule has 0 aliphatic heterocycles. The number of ether oxygens (including phenoxy) is 1. The molecule has 0 bridgehead atoms. The van der Waals surface area contributed by atoms with Gasteiger partial charge >= 0.3 is 12.1 Å². The van der Waals surface area contributed by atoms with Crippen LogP contribution >= 0.6 is 23.4 Å². The molecule has 0 saturated carbocycles. The number of rotatable bonds is 6. The number of hydrogen-bond acceptors (Lipinski definition) is 4. The van der Waals surface area contributed by atoms with E-state index < -0.39 is 33.9 Å². The molecule has 1 atom stereocenters. The first-order valence-corrected chi connectivity index (χ1v) is 8.02. The molecule has 0 radical (unpaired) electrons. The Hall–Kier alpha value is -1.41. The van der Waals surface area contributed by atoms with Gasteiger partial charge in [-0.25, -0.2) is 0 Å². The van der Waals surface area contributed by atoms with Crippen LogP contribution in [0.5, 0.6) is 0 Å². The van der Waals surface area contributed by atoms with E-state index in [1.807, 2.05) is 0 Å². The van der Waals surface area contributed by atoms with Crippen molar-refractivity contribution in [3.05, 3.63) is 28.8 Å². The van der Waals surface area contributed by atoms with Crippen LogP contribution in [0.3, 0.4) is 0 Å². The van der Waals surface area contributed by atoms with Crippen molar-refractivity contribution in [1.29, 1.82) is 0 Å². The monoisotopic (exact) mass is 369 g/mol. The number of alkyl halides is 3. The second-order valence-corrected chi connectivity index (χ2v) is 6.18. The van der Waals surface area contributed by atoms with E-state index in [4.69, 9.17) is 16.3 Å². The number of amides is 1. The minimum atomic E-state index is -4.61. The number of anilines is 1. The van der Waals surface area contributed by atoms with Crippen LogP contribution in [0.2, 0.25) is 5.02 Å². The van der Waals surface area contributed by atoms with Crippen molar-refractivity contribution in [3.8, 4) is 0 Å². The second kappa shape index (κ2) is 8.44. The van der Waals surface area contributed by atoms with Crippen LogP contribution in [0.1, 0.15) is 19.4 Å². The highest BCUT2D eigenvalue weighted by Crippen LogP contribution is 2.36. The van der Waals surface area contributed by atoms with E-state index >= 15 is 0 Å². The fourth-order valence-electron chi connectivity index (χ4n) is 1.54. The normalized spacial score (nSPS) is 12.6. The van der Waals surface area contributed by atoms with Gasteiger partial charge in [0.1, 0.15) is 0 Å². The Kier molecular flexibility index (Phi) is 7.21. The minimum Gasteiger partial charge on any atom is -0.465 e. The third-order valence-corrected chi connectivity index (χ3v) is 4.11. The Labute approximate surface area is 140 Å². The molecule has 1 rings (SSSR count). The van der Waals surface area contributed by atoms with Gasteiger partial charge in [0.25, 0.3) is 0 Å². The van der Waals surface area contributed by atoms with Gasteiger partial charge in [0, 0.05) is 5.69 Å². The third kappa shape index (κ3) is 6.31. The molecule has 0 saturated heterocycles. The molecule has 128 valence electrons. The van der Waals surface area contributed by atoms with Crippen LogP contribution in [-0.4, -0.2) is 29.5 Å². The molecule has 4 nitrogen and oxygen atoms in total. The number of halogens is 4. The standard InChI is InChI=1S/C14H15ClF3NO3S/c1-3-22-12(20)7-23-8(2)13(21)19-9-4-5-11(15)10(6-9)14(16,17)18/h4-6,8H,3,7H2,1-2H3,(H,19,21). The Balaban J connectivity index is 2.68. The maximum absolute atomic E-state index is 12.8. The minimum absolute atomic E-state index is 0.0170. The quantitative estimate of drug-likeness (QED) is 0.770. The molecule has 1 aromatic carbocycles. The van der Waals surface area contributed by atoms with Gasteiger partial charge < -0.3 is 10.1 Å². The summed E-state index contributed by atoms with van der Waals surface area (Å²) in [5.41, 5.74) is -1.04. The number of carbonyl (C=O) groups is 2. The molecule has 1 N–H and O–H groups in total. The zero-order chi connectivity index (χ0) is 17.6. The molecule has 0 aliphatic carbocycles. The maximum Gasteiger partial charge on any atom is 0.417 e. The molecule has 0 aliphatic rings. The number of hydrogen-bond donors (Lipinski definition) is 1. The summed E-state index contributed by atoms with van der Waals surface area (Å²) in [4.78, 5) is 23.1. The van der Waals surface area contributed by atoms with Crippen molar-refractivity contribution in [2.24, 2.45) is 0 Å². The lowest BCUT2D eigenvalue weighted by Gasteiger charge is -2.14. The first-order valence-electron chi connectivity index (χ1n) is 6.60. The summed E-state index contributed by atoms with van der Waals surface area (Å²) in [7, 11) is 0. The van der Waals surface area contributed by atoms with Crippen molar-refractivity contribution < 1.29 is 27.5 Å². The second-order valence-electron chi connectivity index (χ2n) is 4.44. The molecule has 1 aromatic rings. The Morgan fingerprint density at radius 3 is 2.61 bits per heavy atom. The molecule has 9 heteroatoms. The molecule has 0 fully saturated rings. The van der Waals surface area contributed by atoms with Gasteiger partial charge in [0.15, 0.2) is 0 Å². The summed E-state index contributed by atoms with van der Waals surface area (Å²) in [6, 6.07) is 3.11. The van der Waals surface area contributed by atoms with Crippen molar-refractivity contribution in [2.45, 2.75) is 25.3 Å². The van der Waals surface area contributed by atoms with Crippen LogP contribution in [0.4, 0.5) is 18.9 Å².